The Morgan fingerprint density at radius 3 is 2.79 bits per heavy atom. The lowest BCUT2D eigenvalue weighted by Crippen LogP contribution is -2.16. The summed E-state index contributed by atoms with van der Waals surface area (Å²) in [5.41, 5.74) is 8.25. The van der Waals surface area contributed by atoms with E-state index in [1.54, 1.807) is 11.8 Å². The molecule has 0 radical (unpaired) electrons. The van der Waals surface area contributed by atoms with Crippen LogP contribution in [0.4, 0.5) is 11.4 Å². The molecule has 1 aromatic rings. The van der Waals surface area contributed by atoms with E-state index in [9.17, 15) is 4.79 Å². The van der Waals surface area contributed by atoms with Crippen molar-refractivity contribution in [2.45, 2.75) is 13.3 Å². The van der Waals surface area contributed by atoms with Gasteiger partial charge in [0.1, 0.15) is 0 Å². The lowest BCUT2D eigenvalue weighted by molar-refractivity contribution is -0.115. The predicted octanol–water partition coefficient (Wildman–Crippen LogP) is 2.20. The van der Waals surface area contributed by atoms with Crippen LogP contribution >= 0.6 is 11.8 Å². The number of carbonyl (C=O) groups is 1. The number of nitrogens with zero attached hydrogens (tertiary/aromatic N) is 1. The van der Waals surface area contributed by atoms with Crippen molar-refractivity contribution in [3.8, 4) is 0 Å². The van der Waals surface area contributed by atoms with E-state index in [0.29, 0.717) is 12.1 Å². The van der Waals surface area contributed by atoms with E-state index in [0.717, 1.165) is 29.3 Å². The van der Waals surface area contributed by atoms with E-state index in [4.69, 9.17) is 5.73 Å². The molecule has 0 spiro atoms. The van der Waals surface area contributed by atoms with Crippen molar-refractivity contribution >= 4 is 29.0 Å². The van der Waals surface area contributed by atoms with Gasteiger partial charge in [-0.2, -0.15) is 11.8 Å². The van der Waals surface area contributed by atoms with Crippen molar-refractivity contribution < 1.29 is 4.79 Å². The summed E-state index contributed by atoms with van der Waals surface area (Å²) in [7, 11) is 4.10. The van der Waals surface area contributed by atoms with Gasteiger partial charge in [-0.05, 0) is 38.7 Å². The molecule has 1 aromatic carbocycles. The van der Waals surface area contributed by atoms with Crippen LogP contribution in [0, 0.1) is 6.92 Å². The summed E-state index contributed by atoms with van der Waals surface area (Å²) in [4.78, 5) is 13.9. The number of carbonyl (C=O) groups excluding carboxylic acids is 1. The maximum Gasteiger partial charge on any atom is 0.225 e. The summed E-state index contributed by atoms with van der Waals surface area (Å²) < 4.78 is 0. The van der Waals surface area contributed by atoms with Crippen LogP contribution in [-0.4, -0.2) is 43.0 Å². The molecule has 0 aliphatic carbocycles. The van der Waals surface area contributed by atoms with Crippen molar-refractivity contribution in [3.05, 3.63) is 23.8 Å². The number of nitrogens with two attached hydrogens (primary N) is 1. The van der Waals surface area contributed by atoms with Crippen LogP contribution in [0.2, 0.25) is 0 Å². The first-order valence-electron chi connectivity index (χ1n) is 6.38. The Bertz CT molecular complexity index is 421. The predicted molar refractivity (Wildman–Crippen MR) is 84.7 cm³/mol. The number of amides is 1. The van der Waals surface area contributed by atoms with Gasteiger partial charge in [0.2, 0.25) is 5.91 Å². The van der Waals surface area contributed by atoms with E-state index in [2.05, 4.69) is 24.3 Å². The van der Waals surface area contributed by atoms with Gasteiger partial charge in [-0.15, -0.1) is 0 Å². The minimum Gasteiger partial charge on any atom is -0.398 e. The molecule has 4 nitrogen and oxygen atoms in total. The average molecular weight is 281 g/mol. The quantitative estimate of drug-likeness (QED) is 0.594. The molecule has 3 N–H and O–H groups in total. The molecule has 0 aromatic heterocycles. The number of hydrogen-bond donors (Lipinski definition) is 2. The maximum atomic E-state index is 11.8. The second-order valence-corrected chi connectivity index (χ2v) is 5.96. The number of benzene rings is 1. The monoisotopic (exact) mass is 281 g/mol. The summed E-state index contributed by atoms with van der Waals surface area (Å²) in [5.74, 6) is 1.95. The zero-order valence-corrected chi connectivity index (χ0v) is 12.7. The lowest BCUT2D eigenvalue weighted by Gasteiger charge is -2.10. The molecule has 5 heteroatoms. The topological polar surface area (TPSA) is 58.4 Å². The van der Waals surface area contributed by atoms with E-state index in [1.807, 2.05) is 25.1 Å². The molecule has 0 fully saturated rings. The van der Waals surface area contributed by atoms with Gasteiger partial charge in [0.15, 0.2) is 0 Å². The zero-order valence-electron chi connectivity index (χ0n) is 11.9. The van der Waals surface area contributed by atoms with Gasteiger partial charge < -0.3 is 16.0 Å². The van der Waals surface area contributed by atoms with Crippen molar-refractivity contribution in [1.29, 1.82) is 0 Å². The number of hydrogen-bond acceptors (Lipinski definition) is 4. The Hall–Kier alpha value is -1.20. The smallest absolute Gasteiger partial charge is 0.225 e. The summed E-state index contributed by atoms with van der Waals surface area (Å²) in [6.07, 6.45) is 0.534. The highest BCUT2D eigenvalue weighted by Crippen LogP contribution is 2.20. The van der Waals surface area contributed by atoms with Crippen LogP contribution < -0.4 is 11.1 Å². The Morgan fingerprint density at radius 1 is 1.37 bits per heavy atom. The maximum absolute atomic E-state index is 11.8. The highest BCUT2D eigenvalue weighted by atomic mass is 32.2. The SMILES string of the molecule is Cc1c(N)cccc1NC(=O)CCSCCN(C)C. The van der Waals surface area contributed by atoms with Crippen LogP contribution in [0.15, 0.2) is 18.2 Å². The second kappa shape index (κ2) is 8.07. The highest BCUT2D eigenvalue weighted by Gasteiger charge is 2.06. The fraction of sp³-hybridized carbons (Fsp3) is 0.500. The highest BCUT2D eigenvalue weighted by molar-refractivity contribution is 7.99. The Labute approximate surface area is 119 Å². The number of thioether (sulfide) groups is 1. The third-order valence-corrected chi connectivity index (χ3v) is 3.77. The second-order valence-electron chi connectivity index (χ2n) is 4.73. The molecule has 0 atom stereocenters. The lowest BCUT2D eigenvalue weighted by atomic mass is 10.1. The van der Waals surface area contributed by atoms with Gasteiger partial charge in [0.25, 0.3) is 0 Å². The summed E-state index contributed by atoms with van der Waals surface area (Å²) in [6, 6.07) is 5.56. The van der Waals surface area contributed by atoms with Crippen molar-refractivity contribution in [2.24, 2.45) is 0 Å². The van der Waals surface area contributed by atoms with Crippen molar-refractivity contribution in [3.63, 3.8) is 0 Å². The minimum absolute atomic E-state index is 0.0473. The molecule has 1 rings (SSSR count). The van der Waals surface area contributed by atoms with Crippen LogP contribution in [0.1, 0.15) is 12.0 Å². The Morgan fingerprint density at radius 2 is 2.11 bits per heavy atom. The van der Waals surface area contributed by atoms with Crippen molar-refractivity contribution in [2.75, 3.05) is 43.2 Å². The molecule has 106 valence electrons. The third kappa shape index (κ3) is 5.98. The Balaban J connectivity index is 2.29. The molecule has 1 amide bonds. The van der Waals surface area contributed by atoms with Crippen molar-refractivity contribution in [1.82, 2.24) is 4.90 Å². The molecule has 19 heavy (non-hydrogen) atoms. The third-order valence-electron chi connectivity index (χ3n) is 2.81. The van der Waals surface area contributed by atoms with Crippen LogP contribution in [-0.2, 0) is 4.79 Å². The van der Waals surface area contributed by atoms with Gasteiger partial charge >= 0.3 is 0 Å². The average Bonchev–Trinajstić information content (AvgIpc) is 2.34. The zero-order chi connectivity index (χ0) is 14.3. The van der Waals surface area contributed by atoms with Gasteiger partial charge in [0.05, 0.1) is 0 Å². The first kappa shape index (κ1) is 15.9. The first-order valence-corrected chi connectivity index (χ1v) is 7.53. The van der Waals surface area contributed by atoms with E-state index in [-0.39, 0.29) is 5.91 Å². The molecule has 0 aliphatic heterocycles. The normalized spacial score (nSPS) is 10.7. The fourth-order valence-corrected chi connectivity index (χ4v) is 2.54. The molecule has 0 saturated carbocycles. The van der Waals surface area contributed by atoms with Gasteiger partial charge in [0, 0.05) is 35.8 Å². The Kier molecular flexibility index (Phi) is 6.73. The minimum atomic E-state index is 0.0473. The molecule has 0 unspecified atom stereocenters. The fourth-order valence-electron chi connectivity index (χ4n) is 1.52. The molecule has 0 bridgehead atoms. The number of nitrogens with one attached hydrogen (secondary N) is 1. The molecule has 0 heterocycles. The summed E-state index contributed by atoms with van der Waals surface area (Å²) >= 11 is 1.80. The van der Waals surface area contributed by atoms with Crippen LogP contribution in [0.25, 0.3) is 0 Å². The van der Waals surface area contributed by atoms with E-state index in [1.165, 1.54) is 0 Å². The van der Waals surface area contributed by atoms with Gasteiger partial charge in [-0.25, -0.2) is 0 Å². The number of anilines is 2. The van der Waals surface area contributed by atoms with Crippen LogP contribution in [0.3, 0.4) is 0 Å². The summed E-state index contributed by atoms with van der Waals surface area (Å²) in [5, 5.41) is 2.91. The molecular formula is C14H23N3OS. The van der Waals surface area contributed by atoms with Gasteiger partial charge in [-0.3, -0.25) is 4.79 Å². The molecular weight excluding hydrogens is 258 g/mol. The van der Waals surface area contributed by atoms with E-state index >= 15 is 0 Å². The molecule has 0 aliphatic rings. The first-order chi connectivity index (χ1) is 9.00. The number of rotatable bonds is 7. The number of nitrogen functional groups attached to an aromatic ring is 1. The largest absolute Gasteiger partial charge is 0.398 e. The van der Waals surface area contributed by atoms with Crippen LogP contribution in [0.5, 0.6) is 0 Å². The van der Waals surface area contributed by atoms with E-state index < -0.39 is 0 Å². The molecule has 0 saturated heterocycles. The standard InChI is InChI=1S/C14H23N3OS/c1-11-12(15)5-4-6-13(11)16-14(18)7-9-19-10-8-17(2)3/h4-6H,7-10,15H2,1-3H3,(H,16,18). The summed E-state index contributed by atoms with van der Waals surface area (Å²) in [6.45, 7) is 2.96. The van der Waals surface area contributed by atoms with Gasteiger partial charge in [-0.1, -0.05) is 6.07 Å².